The van der Waals surface area contributed by atoms with Crippen molar-refractivity contribution in [1.82, 2.24) is 0 Å². The average molecular weight is 322 g/mol. The fraction of sp³-hybridized carbons (Fsp3) is 0.200. The second kappa shape index (κ2) is 6.11. The lowest BCUT2D eigenvalue weighted by molar-refractivity contribution is -0.605. The molecule has 22 heavy (non-hydrogen) atoms. The Morgan fingerprint density at radius 2 is 2.18 bits per heavy atom. The van der Waals surface area contributed by atoms with E-state index < -0.39 is 5.97 Å². The highest BCUT2D eigenvalue weighted by Gasteiger charge is 2.17. The maximum atomic E-state index is 11.9. The number of fused-ring (bicyclic) bond motifs is 1. The Morgan fingerprint density at radius 3 is 3.00 bits per heavy atom. The zero-order valence-electron chi connectivity index (χ0n) is 11.5. The van der Waals surface area contributed by atoms with E-state index in [9.17, 15) is 10.0 Å². The van der Waals surface area contributed by atoms with Crippen LogP contribution in [0.3, 0.4) is 0 Å². The van der Waals surface area contributed by atoms with Gasteiger partial charge in [0.1, 0.15) is 25.4 Å². The number of carbonyl (C=O) groups excluding carboxylic acids is 1. The normalized spacial score (nSPS) is 12.8. The molecule has 0 saturated heterocycles. The molecule has 0 bridgehead atoms. The number of esters is 1. The van der Waals surface area contributed by atoms with E-state index in [0.29, 0.717) is 40.0 Å². The molecule has 7 heteroatoms. The van der Waals surface area contributed by atoms with Gasteiger partial charge < -0.3 is 19.4 Å². The molecule has 0 aliphatic carbocycles. The minimum absolute atomic E-state index is 0.0168. The minimum Gasteiger partial charge on any atom is -0.619 e. The quantitative estimate of drug-likeness (QED) is 0.492. The number of carbonyl (C=O) groups is 1. The van der Waals surface area contributed by atoms with Crippen molar-refractivity contribution >= 4 is 17.6 Å². The zero-order chi connectivity index (χ0) is 15.5. The largest absolute Gasteiger partial charge is 0.619 e. The number of rotatable bonds is 3. The number of pyridine rings is 1. The maximum Gasteiger partial charge on any atom is 0.344 e. The lowest BCUT2D eigenvalue weighted by Gasteiger charge is -2.20. The van der Waals surface area contributed by atoms with Crippen LogP contribution >= 0.6 is 11.6 Å². The second-order valence-electron chi connectivity index (χ2n) is 4.63. The van der Waals surface area contributed by atoms with Crippen LogP contribution in [-0.4, -0.2) is 19.2 Å². The van der Waals surface area contributed by atoms with E-state index in [1.165, 1.54) is 18.3 Å². The highest BCUT2D eigenvalue weighted by molar-refractivity contribution is 6.32. The lowest BCUT2D eigenvalue weighted by atomic mass is 10.2. The van der Waals surface area contributed by atoms with Crippen molar-refractivity contribution in [2.45, 2.75) is 6.61 Å². The van der Waals surface area contributed by atoms with Crippen molar-refractivity contribution in [2.75, 3.05) is 13.2 Å². The van der Waals surface area contributed by atoms with Crippen LogP contribution in [0.15, 0.2) is 36.7 Å². The SMILES string of the molecule is O=C(OCc1cc(Cl)c2c(c1)OCCO2)c1ccc[n+]([O-])c1. The molecule has 1 aromatic heterocycles. The van der Waals surface area contributed by atoms with Crippen LogP contribution in [0.2, 0.25) is 5.02 Å². The molecular weight excluding hydrogens is 310 g/mol. The molecule has 0 saturated carbocycles. The molecule has 0 spiro atoms. The number of nitrogens with zero attached hydrogens (tertiary/aromatic N) is 1. The van der Waals surface area contributed by atoms with Crippen molar-refractivity contribution in [3.8, 4) is 11.5 Å². The molecule has 2 aromatic rings. The van der Waals surface area contributed by atoms with Crippen LogP contribution < -0.4 is 14.2 Å². The summed E-state index contributed by atoms with van der Waals surface area (Å²) < 4.78 is 16.6. The Morgan fingerprint density at radius 1 is 1.36 bits per heavy atom. The third kappa shape index (κ3) is 3.07. The van der Waals surface area contributed by atoms with E-state index in [2.05, 4.69) is 0 Å². The third-order valence-corrected chi connectivity index (χ3v) is 3.32. The summed E-state index contributed by atoms with van der Waals surface area (Å²) in [6, 6.07) is 6.35. The molecule has 1 aromatic carbocycles. The Hall–Kier alpha value is -2.47. The van der Waals surface area contributed by atoms with Gasteiger partial charge in [-0.05, 0) is 23.8 Å². The predicted molar refractivity (Wildman–Crippen MR) is 77.0 cm³/mol. The van der Waals surface area contributed by atoms with Gasteiger partial charge in [0, 0.05) is 6.07 Å². The molecule has 1 aliphatic rings. The van der Waals surface area contributed by atoms with E-state index in [1.807, 2.05) is 0 Å². The molecule has 2 heterocycles. The Balaban J connectivity index is 1.71. The van der Waals surface area contributed by atoms with Crippen LogP contribution in [0, 0.1) is 5.21 Å². The highest BCUT2D eigenvalue weighted by Crippen LogP contribution is 2.38. The van der Waals surface area contributed by atoms with Crippen molar-refractivity contribution in [3.05, 3.63) is 58.0 Å². The first-order chi connectivity index (χ1) is 10.6. The first kappa shape index (κ1) is 14.5. The molecular formula is C15H12ClNO5. The smallest absolute Gasteiger partial charge is 0.344 e. The molecule has 3 rings (SSSR count). The predicted octanol–water partition coefficient (Wildman–Crippen LogP) is 2.10. The molecule has 0 fully saturated rings. The van der Waals surface area contributed by atoms with E-state index >= 15 is 0 Å². The molecule has 0 radical (unpaired) electrons. The van der Waals surface area contributed by atoms with Crippen molar-refractivity contribution in [2.24, 2.45) is 0 Å². The summed E-state index contributed by atoms with van der Waals surface area (Å²) in [7, 11) is 0. The van der Waals surface area contributed by atoms with Crippen molar-refractivity contribution < 1.29 is 23.7 Å². The Labute approximate surface area is 131 Å². The van der Waals surface area contributed by atoms with Gasteiger partial charge in [-0.15, -0.1) is 0 Å². The molecule has 1 aliphatic heterocycles. The Kier molecular flexibility index (Phi) is 4.02. The summed E-state index contributed by atoms with van der Waals surface area (Å²) in [5, 5.41) is 11.5. The lowest BCUT2D eigenvalue weighted by Crippen LogP contribution is -2.26. The fourth-order valence-electron chi connectivity index (χ4n) is 2.06. The maximum absolute atomic E-state index is 11.9. The van der Waals surface area contributed by atoms with Crippen molar-refractivity contribution in [1.29, 1.82) is 0 Å². The van der Waals surface area contributed by atoms with E-state index in [4.69, 9.17) is 25.8 Å². The van der Waals surface area contributed by atoms with Crippen LogP contribution in [0.1, 0.15) is 15.9 Å². The molecule has 0 unspecified atom stereocenters. The number of ether oxygens (including phenoxy) is 3. The fourth-order valence-corrected chi connectivity index (χ4v) is 2.34. The standard InChI is InChI=1S/C15H12ClNO5/c16-12-6-10(7-13-14(12)21-5-4-20-13)9-22-15(18)11-2-1-3-17(19)8-11/h1-3,6-8H,4-5,9H2. The zero-order valence-corrected chi connectivity index (χ0v) is 12.2. The van der Waals surface area contributed by atoms with Gasteiger partial charge in [0.25, 0.3) is 0 Å². The van der Waals surface area contributed by atoms with Crippen LogP contribution in [-0.2, 0) is 11.3 Å². The van der Waals surface area contributed by atoms with Gasteiger partial charge in [0.2, 0.25) is 0 Å². The van der Waals surface area contributed by atoms with E-state index in [-0.39, 0.29) is 12.2 Å². The third-order valence-electron chi connectivity index (χ3n) is 3.04. The van der Waals surface area contributed by atoms with Gasteiger partial charge in [0.05, 0.1) is 5.02 Å². The average Bonchev–Trinajstić information content (AvgIpc) is 2.53. The Bertz CT molecular complexity index is 719. The number of aromatic nitrogens is 1. The number of halogens is 1. The number of hydrogen-bond acceptors (Lipinski definition) is 5. The molecule has 0 N–H and O–H groups in total. The minimum atomic E-state index is -0.587. The first-order valence-electron chi connectivity index (χ1n) is 6.57. The molecule has 6 nitrogen and oxygen atoms in total. The summed E-state index contributed by atoms with van der Waals surface area (Å²) in [5.41, 5.74) is 0.856. The van der Waals surface area contributed by atoms with Gasteiger partial charge in [-0.2, -0.15) is 4.73 Å². The summed E-state index contributed by atoms with van der Waals surface area (Å²) in [6.07, 6.45) is 2.44. The van der Waals surface area contributed by atoms with Gasteiger partial charge in [-0.3, -0.25) is 0 Å². The van der Waals surface area contributed by atoms with E-state index in [1.54, 1.807) is 12.1 Å². The summed E-state index contributed by atoms with van der Waals surface area (Å²) in [6.45, 7) is 0.910. The first-order valence-corrected chi connectivity index (χ1v) is 6.95. The molecule has 0 atom stereocenters. The topological polar surface area (TPSA) is 71.7 Å². The summed E-state index contributed by atoms with van der Waals surface area (Å²) >= 11 is 6.11. The number of hydrogen-bond donors (Lipinski definition) is 0. The van der Waals surface area contributed by atoms with Gasteiger partial charge in [-0.25, -0.2) is 4.79 Å². The van der Waals surface area contributed by atoms with E-state index in [0.717, 1.165) is 6.20 Å². The monoisotopic (exact) mass is 321 g/mol. The summed E-state index contributed by atoms with van der Waals surface area (Å²) in [5.74, 6) is 0.441. The van der Waals surface area contributed by atoms with Crippen molar-refractivity contribution in [3.63, 3.8) is 0 Å². The van der Waals surface area contributed by atoms with Crippen LogP contribution in [0.5, 0.6) is 11.5 Å². The molecule has 0 amide bonds. The number of benzene rings is 1. The van der Waals surface area contributed by atoms with Gasteiger partial charge in [-0.1, -0.05) is 11.6 Å². The molecule has 114 valence electrons. The van der Waals surface area contributed by atoms with Crippen LogP contribution in [0.4, 0.5) is 0 Å². The van der Waals surface area contributed by atoms with Crippen LogP contribution in [0.25, 0.3) is 0 Å². The second-order valence-corrected chi connectivity index (χ2v) is 5.04. The highest BCUT2D eigenvalue weighted by atomic mass is 35.5. The summed E-state index contributed by atoms with van der Waals surface area (Å²) in [4.78, 5) is 11.9. The van der Waals surface area contributed by atoms with Gasteiger partial charge >= 0.3 is 5.97 Å². The van der Waals surface area contributed by atoms with Gasteiger partial charge in [0.15, 0.2) is 23.9 Å².